The van der Waals surface area contributed by atoms with Gasteiger partial charge >= 0.3 is 0 Å². The molecule has 3 rings (SSSR count). The zero-order chi connectivity index (χ0) is 20.6. The fourth-order valence-corrected chi connectivity index (χ4v) is 3.07. The molecule has 150 valence electrons. The van der Waals surface area contributed by atoms with Crippen molar-refractivity contribution in [1.29, 1.82) is 0 Å². The summed E-state index contributed by atoms with van der Waals surface area (Å²) in [6, 6.07) is 23.8. The van der Waals surface area contributed by atoms with Crippen LogP contribution in [0.3, 0.4) is 0 Å². The molecule has 0 fully saturated rings. The van der Waals surface area contributed by atoms with Gasteiger partial charge in [-0.2, -0.15) is 0 Å². The van der Waals surface area contributed by atoms with Crippen LogP contribution in [0.15, 0.2) is 72.8 Å². The molecule has 0 aliphatic carbocycles. The highest BCUT2D eigenvalue weighted by Gasteiger charge is 2.08. The third-order valence-electron chi connectivity index (χ3n) is 5.30. The largest absolute Gasteiger partial charge is 0.489 e. The van der Waals surface area contributed by atoms with Crippen molar-refractivity contribution in [2.45, 2.75) is 46.1 Å². The maximum absolute atomic E-state index is 12.5. The van der Waals surface area contributed by atoms with Gasteiger partial charge in [0.15, 0.2) is 0 Å². The third-order valence-corrected chi connectivity index (χ3v) is 5.30. The fourth-order valence-electron chi connectivity index (χ4n) is 3.07. The molecule has 3 aromatic carbocycles. The number of benzene rings is 3. The number of ether oxygens (including phenoxy) is 1. The summed E-state index contributed by atoms with van der Waals surface area (Å²) in [6.45, 7) is 7.00. The summed E-state index contributed by atoms with van der Waals surface area (Å²) in [5.74, 6) is 1.27. The topological polar surface area (TPSA) is 38.3 Å². The Labute approximate surface area is 173 Å². The lowest BCUT2D eigenvalue weighted by Crippen LogP contribution is -2.12. The lowest BCUT2D eigenvalue weighted by atomic mass is 9.98. The maximum atomic E-state index is 12.5. The van der Waals surface area contributed by atoms with Crippen LogP contribution in [-0.2, 0) is 13.0 Å². The SMILES string of the molecule is CCc1ccc(OCc2ccc(C(=O)Nc3ccc([C@H](C)CC)cc3)cc2)cc1. The Balaban J connectivity index is 1.55. The van der Waals surface area contributed by atoms with E-state index in [4.69, 9.17) is 4.74 Å². The van der Waals surface area contributed by atoms with Crippen molar-refractivity contribution in [2.75, 3.05) is 5.32 Å². The lowest BCUT2D eigenvalue weighted by Gasteiger charge is -2.11. The summed E-state index contributed by atoms with van der Waals surface area (Å²) in [7, 11) is 0. The minimum Gasteiger partial charge on any atom is -0.489 e. The van der Waals surface area contributed by atoms with E-state index < -0.39 is 0 Å². The molecule has 0 unspecified atom stereocenters. The second-order valence-corrected chi connectivity index (χ2v) is 7.37. The van der Waals surface area contributed by atoms with Crippen LogP contribution in [0.5, 0.6) is 5.75 Å². The van der Waals surface area contributed by atoms with Crippen LogP contribution in [0.2, 0.25) is 0 Å². The quantitative estimate of drug-likeness (QED) is 0.473. The fraction of sp³-hybridized carbons (Fsp3) is 0.269. The smallest absolute Gasteiger partial charge is 0.255 e. The number of anilines is 1. The molecule has 0 spiro atoms. The van der Waals surface area contributed by atoms with E-state index in [1.54, 1.807) is 0 Å². The Morgan fingerprint density at radius 2 is 1.48 bits per heavy atom. The normalized spacial score (nSPS) is 11.7. The van der Waals surface area contributed by atoms with Crippen LogP contribution in [0.1, 0.15) is 60.2 Å². The number of nitrogens with one attached hydrogen (secondary N) is 1. The monoisotopic (exact) mass is 387 g/mol. The molecule has 0 saturated carbocycles. The van der Waals surface area contributed by atoms with Gasteiger partial charge in [-0.15, -0.1) is 0 Å². The van der Waals surface area contributed by atoms with E-state index in [1.165, 1.54) is 11.1 Å². The molecule has 0 saturated heterocycles. The van der Waals surface area contributed by atoms with E-state index in [0.29, 0.717) is 18.1 Å². The first kappa shape index (κ1) is 20.7. The molecule has 0 radical (unpaired) electrons. The molecule has 29 heavy (non-hydrogen) atoms. The third kappa shape index (κ3) is 5.71. The van der Waals surface area contributed by atoms with Crippen LogP contribution >= 0.6 is 0 Å². The van der Waals surface area contributed by atoms with Crippen LogP contribution in [-0.4, -0.2) is 5.91 Å². The van der Waals surface area contributed by atoms with Crippen molar-refractivity contribution in [3.63, 3.8) is 0 Å². The summed E-state index contributed by atoms with van der Waals surface area (Å²) in [4.78, 5) is 12.5. The van der Waals surface area contributed by atoms with Crippen LogP contribution in [0.25, 0.3) is 0 Å². The minimum atomic E-state index is -0.107. The highest BCUT2D eigenvalue weighted by molar-refractivity contribution is 6.04. The Hall–Kier alpha value is -3.07. The molecule has 3 aromatic rings. The van der Waals surface area contributed by atoms with E-state index in [9.17, 15) is 4.79 Å². The first-order valence-electron chi connectivity index (χ1n) is 10.3. The number of amides is 1. The van der Waals surface area contributed by atoms with Gasteiger partial charge in [0, 0.05) is 11.3 Å². The number of hydrogen-bond acceptors (Lipinski definition) is 2. The van der Waals surface area contributed by atoms with Crippen LogP contribution < -0.4 is 10.1 Å². The summed E-state index contributed by atoms with van der Waals surface area (Å²) in [5, 5.41) is 2.96. The van der Waals surface area contributed by atoms with E-state index in [1.807, 2.05) is 48.5 Å². The van der Waals surface area contributed by atoms with E-state index in [-0.39, 0.29) is 5.91 Å². The van der Waals surface area contributed by atoms with Crippen molar-refractivity contribution in [3.8, 4) is 5.75 Å². The van der Waals surface area contributed by atoms with Gasteiger partial charge in [-0.1, -0.05) is 57.2 Å². The molecule has 0 aromatic heterocycles. The Morgan fingerprint density at radius 1 is 0.862 bits per heavy atom. The van der Waals surface area contributed by atoms with Gasteiger partial charge in [0.05, 0.1) is 0 Å². The Bertz CT molecular complexity index is 912. The minimum absolute atomic E-state index is 0.107. The molecular formula is C26H29NO2. The van der Waals surface area contributed by atoms with Crippen molar-refractivity contribution in [2.24, 2.45) is 0 Å². The van der Waals surface area contributed by atoms with Crippen LogP contribution in [0.4, 0.5) is 5.69 Å². The molecule has 0 bridgehead atoms. The van der Waals surface area contributed by atoms with Gasteiger partial charge < -0.3 is 10.1 Å². The van der Waals surface area contributed by atoms with Gasteiger partial charge in [0.2, 0.25) is 0 Å². The first-order valence-corrected chi connectivity index (χ1v) is 10.3. The summed E-state index contributed by atoms with van der Waals surface area (Å²) >= 11 is 0. The predicted octanol–water partition coefficient (Wildman–Crippen LogP) is 6.59. The second-order valence-electron chi connectivity index (χ2n) is 7.37. The van der Waals surface area contributed by atoms with Gasteiger partial charge in [-0.3, -0.25) is 4.79 Å². The van der Waals surface area contributed by atoms with Gasteiger partial charge in [-0.05, 0) is 71.8 Å². The summed E-state index contributed by atoms with van der Waals surface area (Å²) < 4.78 is 5.83. The van der Waals surface area contributed by atoms with Crippen molar-refractivity contribution in [3.05, 3.63) is 95.1 Å². The first-order chi connectivity index (χ1) is 14.1. The number of hydrogen-bond donors (Lipinski definition) is 1. The number of rotatable bonds is 8. The Kier molecular flexibility index (Phi) is 7.07. The highest BCUT2D eigenvalue weighted by atomic mass is 16.5. The molecule has 0 heterocycles. The predicted molar refractivity (Wildman–Crippen MR) is 120 cm³/mol. The summed E-state index contributed by atoms with van der Waals surface area (Å²) in [6.07, 6.45) is 2.12. The summed E-state index contributed by atoms with van der Waals surface area (Å²) in [5.41, 5.74) is 5.05. The number of aryl methyl sites for hydroxylation is 1. The van der Waals surface area contributed by atoms with Crippen molar-refractivity contribution >= 4 is 11.6 Å². The van der Waals surface area contributed by atoms with E-state index >= 15 is 0 Å². The second kappa shape index (κ2) is 9.92. The van der Waals surface area contributed by atoms with Crippen LogP contribution in [0, 0.1) is 0 Å². The Morgan fingerprint density at radius 3 is 2.07 bits per heavy atom. The molecule has 0 aliphatic rings. The molecular weight excluding hydrogens is 358 g/mol. The molecule has 3 heteroatoms. The molecule has 1 atom stereocenters. The van der Waals surface area contributed by atoms with Crippen molar-refractivity contribution < 1.29 is 9.53 Å². The van der Waals surface area contributed by atoms with E-state index in [0.717, 1.165) is 29.8 Å². The molecule has 1 N–H and O–H groups in total. The van der Waals surface area contributed by atoms with Gasteiger partial charge in [0.25, 0.3) is 5.91 Å². The molecule has 0 aliphatic heterocycles. The van der Waals surface area contributed by atoms with E-state index in [2.05, 4.69) is 50.4 Å². The average Bonchev–Trinajstić information content (AvgIpc) is 2.78. The zero-order valence-corrected chi connectivity index (χ0v) is 17.4. The van der Waals surface area contributed by atoms with Gasteiger partial charge in [-0.25, -0.2) is 0 Å². The number of carbonyl (C=O) groups is 1. The number of carbonyl (C=O) groups excluding carboxylic acids is 1. The standard InChI is InChI=1S/C26H29NO2/c1-4-19(3)22-12-14-24(15-13-22)27-26(28)23-10-6-21(7-11-23)18-29-25-16-8-20(5-2)9-17-25/h6-17,19H,4-5,18H2,1-3H3,(H,27,28)/t19-/m1/s1. The molecule has 3 nitrogen and oxygen atoms in total. The lowest BCUT2D eigenvalue weighted by molar-refractivity contribution is 0.102. The average molecular weight is 388 g/mol. The molecule has 1 amide bonds. The zero-order valence-electron chi connectivity index (χ0n) is 17.4. The highest BCUT2D eigenvalue weighted by Crippen LogP contribution is 2.21. The van der Waals surface area contributed by atoms with Crippen molar-refractivity contribution in [1.82, 2.24) is 0 Å². The maximum Gasteiger partial charge on any atom is 0.255 e. The van der Waals surface area contributed by atoms with Gasteiger partial charge in [0.1, 0.15) is 12.4 Å².